The van der Waals surface area contributed by atoms with Gasteiger partial charge in [0.25, 0.3) is 0 Å². The minimum absolute atomic E-state index is 0.125. The smallest absolute Gasteiger partial charge is 0.0655 e. The van der Waals surface area contributed by atoms with Crippen LogP contribution in [0.1, 0.15) is 11.6 Å². The monoisotopic (exact) mass is 263 g/mol. The van der Waals surface area contributed by atoms with Crippen molar-refractivity contribution >= 4 is 27.5 Å². The Morgan fingerprint density at radius 1 is 1.54 bits per heavy atom. The van der Waals surface area contributed by atoms with Gasteiger partial charge >= 0.3 is 0 Å². The van der Waals surface area contributed by atoms with Gasteiger partial charge in [0.15, 0.2) is 0 Å². The minimum Gasteiger partial charge on any atom is -0.383 e. The molecule has 0 unspecified atom stereocenters. The summed E-state index contributed by atoms with van der Waals surface area (Å²) in [7, 11) is 1.62. The summed E-state index contributed by atoms with van der Waals surface area (Å²) >= 11 is 9.22. The zero-order chi connectivity index (χ0) is 9.84. The van der Waals surface area contributed by atoms with Crippen LogP contribution in [0.15, 0.2) is 22.7 Å². The minimum atomic E-state index is -0.125. The largest absolute Gasteiger partial charge is 0.383 e. The van der Waals surface area contributed by atoms with Gasteiger partial charge < -0.3 is 10.5 Å². The van der Waals surface area contributed by atoms with Gasteiger partial charge in [-0.05, 0) is 23.8 Å². The van der Waals surface area contributed by atoms with Gasteiger partial charge in [0.1, 0.15) is 0 Å². The average Bonchev–Trinajstić information content (AvgIpc) is 2.03. The van der Waals surface area contributed by atoms with E-state index in [4.69, 9.17) is 22.1 Å². The van der Waals surface area contributed by atoms with Crippen molar-refractivity contribution in [2.75, 3.05) is 13.7 Å². The molecule has 0 spiro atoms. The highest BCUT2D eigenvalue weighted by molar-refractivity contribution is 9.10. The van der Waals surface area contributed by atoms with Crippen LogP contribution in [0.5, 0.6) is 0 Å². The van der Waals surface area contributed by atoms with Crippen LogP contribution in [-0.4, -0.2) is 13.7 Å². The van der Waals surface area contributed by atoms with E-state index in [0.29, 0.717) is 11.6 Å². The second kappa shape index (κ2) is 4.96. The van der Waals surface area contributed by atoms with E-state index in [1.807, 2.05) is 18.2 Å². The third-order valence-electron chi connectivity index (χ3n) is 1.66. The van der Waals surface area contributed by atoms with E-state index in [-0.39, 0.29) is 6.04 Å². The Morgan fingerprint density at radius 3 is 2.77 bits per heavy atom. The normalized spacial score (nSPS) is 12.9. The molecule has 2 nitrogen and oxygen atoms in total. The fourth-order valence-corrected chi connectivity index (χ4v) is 1.95. The Balaban J connectivity index is 2.87. The molecule has 13 heavy (non-hydrogen) atoms. The number of nitrogens with two attached hydrogens (primary N) is 1. The Hall–Kier alpha value is -0.0900. The molecule has 0 amide bonds. The van der Waals surface area contributed by atoms with Crippen molar-refractivity contribution in [3.05, 3.63) is 33.3 Å². The zero-order valence-corrected chi connectivity index (χ0v) is 9.60. The molecule has 0 aliphatic carbocycles. The number of hydrogen-bond acceptors (Lipinski definition) is 2. The van der Waals surface area contributed by atoms with Gasteiger partial charge in [-0.2, -0.15) is 0 Å². The number of hydrogen-bond donors (Lipinski definition) is 1. The SMILES string of the molecule is COC[C@H](N)c1cc(Cl)cc(Br)c1. The highest BCUT2D eigenvalue weighted by Crippen LogP contribution is 2.22. The summed E-state index contributed by atoms with van der Waals surface area (Å²) in [6.45, 7) is 0.493. The highest BCUT2D eigenvalue weighted by atomic mass is 79.9. The quantitative estimate of drug-likeness (QED) is 0.911. The first-order valence-corrected chi connectivity index (χ1v) is 5.01. The molecule has 0 fully saturated rings. The molecule has 0 saturated heterocycles. The molecule has 0 saturated carbocycles. The molecule has 1 rings (SSSR count). The molecule has 0 radical (unpaired) electrons. The second-order valence-electron chi connectivity index (χ2n) is 2.76. The highest BCUT2D eigenvalue weighted by Gasteiger charge is 2.06. The molecular formula is C9H11BrClNO. The van der Waals surface area contributed by atoms with Crippen molar-refractivity contribution < 1.29 is 4.74 Å². The molecule has 0 heterocycles. The van der Waals surface area contributed by atoms with Crippen molar-refractivity contribution in [1.29, 1.82) is 0 Å². The van der Waals surface area contributed by atoms with Gasteiger partial charge in [-0.3, -0.25) is 0 Å². The molecule has 0 aliphatic heterocycles. The number of ether oxygens (including phenoxy) is 1. The molecule has 2 N–H and O–H groups in total. The summed E-state index contributed by atoms with van der Waals surface area (Å²) in [5, 5.41) is 0.677. The lowest BCUT2D eigenvalue weighted by molar-refractivity contribution is 0.181. The van der Waals surface area contributed by atoms with Crippen molar-refractivity contribution in [2.45, 2.75) is 6.04 Å². The van der Waals surface area contributed by atoms with E-state index in [1.165, 1.54) is 0 Å². The van der Waals surface area contributed by atoms with Gasteiger partial charge in [-0.1, -0.05) is 27.5 Å². The Bertz CT molecular complexity index is 273. The van der Waals surface area contributed by atoms with Crippen LogP contribution < -0.4 is 5.73 Å². The molecule has 1 aromatic rings. The number of halogens is 2. The molecule has 4 heteroatoms. The molecule has 1 aromatic carbocycles. The van der Waals surface area contributed by atoms with Crippen molar-refractivity contribution in [2.24, 2.45) is 5.73 Å². The summed E-state index contributed by atoms with van der Waals surface area (Å²) in [4.78, 5) is 0. The van der Waals surface area contributed by atoms with Gasteiger partial charge in [0.2, 0.25) is 0 Å². The number of rotatable bonds is 3. The summed E-state index contributed by atoms with van der Waals surface area (Å²) in [6.07, 6.45) is 0. The van der Waals surface area contributed by atoms with Crippen LogP contribution >= 0.6 is 27.5 Å². The first kappa shape index (κ1) is 11.0. The van der Waals surface area contributed by atoms with Crippen molar-refractivity contribution in [3.8, 4) is 0 Å². The van der Waals surface area contributed by atoms with Crippen LogP contribution in [0.3, 0.4) is 0 Å². The molecule has 0 aromatic heterocycles. The van der Waals surface area contributed by atoms with E-state index >= 15 is 0 Å². The van der Waals surface area contributed by atoms with Gasteiger partial charge in [-0.15, -0.1) is 0 Å². The Labute approximate surface area is 91.2 Å². The van der Waals surface area contributed by atoms with Crippen LogP contribution in [-0.2, 0) is 4.74 Å². The maximum atomic E-state index is 5.87. The first-order chi connectivity index (χ1) is 6.13. The van der Waals surface area contributed by atoms with E-state index in [1.54, 1.807) is 7.11 Å². The van der Waals surface area contributed by atoms with E-state index in [2.05, 4.69) is 15.9 Å². The van der Waals surface area contributed by atoms with E-state index < -0.39 is 0 Å². The lowest BCUT2D eigenvalue weighted by Gasteiger charge is -2.11. The van der Waals surface area contributed by atoms with Crippen LogP contribution in [0, 0.1) is 0 Å². The topological polar surface area (TPSA) is 35.2 Å². The maximum absolute atomic E-state index is 5.87. The number of benzene rings is 1. The predicted molar refractivity (Wildman–Crippen MR) is 58.0 cm³/mol. The van der Waals surface area contributed by atoms with Crippen LogP contribution in [0.25, 0.3) is 0 Å². The average molecular weight is 265 g/mol. The number of methoxy groups -OCH3 is 1. The molecule has 72 valence electrons. The van der Waals surface area contributed by atoms with Crippen LogP contribution in [0.4, 0.5) is 0 Å². The maximum Gasteiger partial charge on any atom is 0.0655 e. The van der Waals surface area contributed by atoms with Crippen molar-refractivity contribution in [1.82, 2.24) is 0 Å². The molecule has 0 aliphatic rings. The first-order valence-electron chi connectivity index (χ1n) is 3.84. The summed E-state index contributed by atoms with van der Waals surface area (Å²) in [5.74, 6) is 0. The van der Waals surface area contributed by atoms with E-state index in [0.717, 1.165) is 10.0 Å². The lowest BCUT2D eigenvalue weighted by Crippen LogP contribution is -2.15. The predicted octanol–water partition coefficient (Wildman–Crippen LogP) is 2.75. The lowest BCUT2D eigenvalue weighted by atomic mass is 10.1. The molecular weight excluding hydrogens is 253 g/mol. The van der Waals surface area contributed by atoms with Gasteiger partial charge in [0, 0.05) is 16.6 Å². The second-order valence-corrected chi connectivity index (χ2v) is 4.12. The van der Waals surface area contributed by atoms with Crippen LogP contribution in [0.2, 0.25) is 5.02 Å². The molecule has 1 atom stereocenters. The standard InChI is InChI=1S/C9H11BrClNO/c1-13-5-9(12)6-2-7(10)4-8(11)3-6/h2-4,9H,5,12H2,1H3/t9-/m0/s1. The summed E-state index contributed by atoms with van der Waals surface area (Å²) in [6, 6.07) is 5.48. The Morgan fingerprint density at radius 2 is 2.23 bits per heavy atom. The third-order valence-corrected chi connectivity index (χ3v) is 2.34. The van der Waals surface area contributed by atoms with Gasteiger partial charge in [-0.25, -0.2) is 0 Å². The molecule has 0 bridgehead atoms. The van der Waals surface area contributed by atoms with E-state index in [9.17, 15) is 0 Å². The summed E-state index contributed by atoms with van der Waals surface area (Å²) in [5.41, 5.74) is 6.81. The fraction of sp³-hybridized carbons (Fsp3) is 0.333. The Kier molecular flexibility index (Phi) is 4.19. The zero-order valence-electron chi connectivity index (χ0n) is 7.26. The van der Waals surface area contributed by atoms with Gasteiger partial charge in [0.05, 0.1) is 12.6 Å². The van der Waals surface area contributed by atoms with Crippen molar-refractivity contribution in [3.63, 3.8) is 0 Å². The fourth-order valence-electron chi connectivity index (χ4n) is 1.07. The third kappa shape index (κ3) is 3.27. The summed E-state index contributed by atoms with van der Waals surface area (Å²) < 4.78 is 5.89.